The van der Waals surface area contributed by atoms with Gasteiger partial charge in [-0.1, -0.05) is 15.9 Å². The van der Waals surface area contributed by atoms with Gasteiger partial charge in [0.1, 0.15) is 5.75 Å². The lowest BCUT2D eigenvalue weighted by Crippen LogP contribution is -2.18. The molecule has 1 atom stereocenters. The number of methoxy groups -OCH3 is 1. The van der Waals surface area contributed by atoms with Gasteiger partial charge in [0.2, 0.25) is 0 Å². The molecule has 0 bridgehead atoms. The van der Waals surface area contributed by atoms with Crippen LogP contribution in [0.15, 0.2) is 22.7 Å². The SMILES string of the molecule is CCOC(=O)C[C@H](N)c1cc(Br)ccc1OC.Cl. The van der Waals surface area contributed by atoms with Crippen LogP contribution in [0, 0.1) is 0 Å². The minimum absolute atomic E-state index is 0. The number of carbonyl (C=O) groups excluding carboxylic acids is 1. The highest BCUT2D eigenvalue weighted by Gasteiger charge is 2.16. The molecule has 1 rings (SSSR count). The predicted octanol–water partition coefficient (Wildman–Crippen LogP) is 2.83. The van der Waals surface area contributed by atoms with E-state index in [2.05, 4.69) is 15.9 Å². The first-order chi connectivity index (χ1) is 8.08. The monoisotopic (exact) mass is 337 g/mol. The van der Waals surface area contributed by atoms with Crippen LogP contribution in [0.25, 0.3) is 0 Å². The number of halogens is 2. The molecule has 1 aromatic rings. The quantitative estimate of drug-likeness (QED) is 0.839. The average molecular weight is 339 g/mol. The number of esters is 1. The topological polar surface area (TPSA) is 61.5 Å². The number of carbonyl (C=O) groups is 1. The summed E-state index contributed by atoms with van der Waals surface area (Å²) in [6.45, 7) is 2.13. The Morgan fingerprint density at radius 2 is 2.17 bits per heavy atom. The lowest BCUT2D eigenvalue weighted by atomic mass is 10.0. The third-order valence-electron chi connectivity index (χ3n) is 2.28. The lowest BCUT2D eigenvalue weighted by Gasteiger charge is -2.15. The Balaban J connectivity index is 0.00000289. The summed E-state index contributed by atoms with van der Waals surface area (Å²) in [7, 11) is 1.57. The second-order valence-electron chi connectivity index (χ2n) is 3.50. The van der Waals surface area contributed by atoms with Gasteiger partial charge in [-0.05, 0) is 25.1 Å². The van der Waals surface area contributed by atoms with E-state index in [1.807, 2.05) is 18.2 Å². The van der Waals surface area contributed by atoms with Crippen LogP contribution in [0.1, 0.15) is 24.9 Å². The van der Waals surface area contributed by atoms with E-state index in [-0.39, 0.29) is 24.8 Å². The molecule has 0 heterocycles. The summed E-state index contributed by atoms with van der Waals surface area (Å²) in [6, 6.07) is 5.09. The molecule has 0 aromatic heterocycles. The Hall–Kier alpha value is -0.780. The predicted molar refractivity (Wildman–Crippen MR) is 76.1 cm³/mol. The number of benzene rings is 1. The highest BCUT2D eigenvalue weighted by atomic mass is 79.9. The van der Waals surface area contributed by atoms with Gasteiger partial charge in [0, 0.05) is 16.1 Å². The smallest absolute Gasteiger partial charge is 0.307 e. The zero-order valence-electron chi connectivity index (χ0n) is 10.3. The summed E-state index contributed by atoms with van der Waals surface area (Å²) in [5.74, 6) is 0.368. The van der Waals surface area contributed by atoms with E-state index in [1.54, 1.807) is 14.0 Å². The fourth-order valence-electron chi connectivity index (χ4n) is 1.50. The van der Waals surface area contributed by atoms with Crippen molar-refractivity contribution < 1.29 is 14.3 Å². The van der Waals surface area contributed by atoms with Gasteiger partial charge in [0.05, 0.1) is 20.1 Å². The van der Waals surface area contributed by atoms with Crippen molar-refractivity contribution in [2.45, 2.75) is 19.4 Å². The van der Waals surface area contributed by atoms with E-state index >= 15 is 0 Å². The molecule has 0 spiro atoms. The summed E-state index contributed by atoms with van der Waals surface area (Å²) >= 11 is 3.36. The van der Waals surface area contributed by atoms with Crippen molar-refractivity contribution in [3.05, 3.63) is 28.2 Å². The highest BCUT2D eigenvalue weighted by Crippen LogP contribution is 2.29. The summed E-state index contributed by atoms with van der Waals surface area (Å²) in [6.07, 6.45) is 0.140. The fraction of sp³-hybridized carbons (Fsp3) is 0.417. The third-order valence-corrected chi connectivity index (χ3v) is 2.78. The molecule has 0 amide bonds. The summed E-state index contributed by atoms with van der Waals surface area (Å²) in [5, 5.41) is 0. The molecule has 2 N–H and O–H groups in total. The van der Waals surface area contributed by atoms with Crippen LogP contribution in [-0.4, -0.2) is 19.7 Å². The maximum absolute atomic E-state index is 11.4. The van der Waals surface area contributed by atoms with Crippen LogP contribution in [0.5, 0.6) is 5.75 Å². The summed E-state index contributed by atoms with van der Waals surface area (Å²) < 4.78 is 11.0. The summed E-state index contributed by atoms with van der Waals surface area (Å²) in [4.78, 5) is 11.4. The molecular formula is C12H17BrClNO3. The molecule has 0 fully saturated rings. The first kappa shape index (κ1) is 17.2. The Kier molecular flexibility index (Phi) is 7.98. The van der Waals surface area contributed by atoms with Crippen molar-refractivity contribution in [3.63, 3.8) is 0 Å². The molecular weight excluding hydrogens is 321 g/mol. The number of hydrogen-bond donors (Lipinski definition) is 1. The molecule has 0 aliphatic carbocycles. The number of hydrogen-bond acceptors (Lipinski definition) is 4. The van der Waals surface area contributed by atoms with Crippen molar-refractivity contribution in [1.82, 2.24) is 0 Å². The average Bonchev–Trinajstić information content (AvgIpc) is 2.29. The molecule has 18 heavy (non-hydrogen) atoms. The van der Waals surface area contributed by atoms with Gasteiger partial charge in [0.15, 0.2) is 0 Å². The zero-order valence-corrected chi connectivity index (χ0v) is 12.7. The number of rotatable bonds is 5. The standard InChI is InChI=1S/C12H16BrNO3.ClH/c1-3-17-12(15)7-10(14)9-6-8(13)4-5-11(9)16-2;/h4-6,10H,3,7,14H2,1-2H3;1H/t10-;/m0./s1. The van der Waals surface area contributed by atoms with E-state index in [4.69, 9.17) is 15.2 Å². The minimum atomic E-state index is -0.429. The maximum Gasteiger partial charge on any atom is 0.307 e. The van der Waals surface area contributed by atoms with Crippen LogP contribution >= 0.6 is 28.3 Å². The van der Waals surface area contributed by atoms with Gasteiger partial charge >= 0.3 is 5.97 Å². The minimum Gasteiger partial charge on any atom is -0.496 e. The molecule has 0 saturated carbocycles. The van der Waals surface area contributed by atoms with E-state index in [0.29, 0.717) is 12.4 Å². The highest BCUT2D eigenvalue weighted by molar-refractivity contribution is 9.10. The molecule has 0 saturated heterocycles. The van der Waals surface area contributed by atoms with E-state index in [1.165, 1.54) is 0 Å². The van der Waals surface area contributed by atoms with E-state index in [0.717, 1.165) is 10.0 Å². The van der Waals surface area contributed by atoms with Gasteiger partial charge in [-0.3, -0.25) is 4.79 Å². The second-order valence-corrected chi connectivity index (χ2v) is 4.42. The van der Waals surface area contributed by atoms with Crippen LogP contribution in [-0.2, 0) is 9.53 Å². The van der Waals surface area contributed by atoms with Gasteiger partial charge in [-0.15, -0.1) is 12.4 Å². The van der Waals surface area contributed by atoms with Crippen molar-refractivity contribution in [2.24, 2.45) is 5.73 Å². The third kappa shape index (κ3) is 4.84. The molecule has 1 aromatic carbocycles. The van der Waals surface area contributed by atoms with E-state index in [9.17, 15) is 4.79 Å². The normalized spacial score (nSPS) is 11.3. The Labute approximate surface area is 121 Å². The van der Waals surface area contributed by atoms with Crippen LogP contribution in [0.3, 0.4) is 0 Å². The largest absolute Gasteiger partial charge is 0.496 e. The van der Waals surface area contributed by atoms with Crippen molar-refractivity contribution >= 4 is 34.3 Å². The fourth-order valence-corrected chi connectivity index (χ4v) is 1.88. The second kappa shape index (κ2) is 8.34. The molecule has 0 aliphatic heterocycles. The Morgan fingerprint density at radius 1 is 1.50 bits per heavy atom. The van der Waals surface area contributed by atoms with Crippen molar-refractivity contribution in [3.8, 4) is 5.75 Å². The first-order valence-corrected chi connectivity index (χ1v) is 6.12. The van der Waals surface area contributed by atoms with Crippen molar-refractivity contribution in [2.75, 3.05) is 13.7 Å². The van der Waals surface area contributed by atoms with Crippen molar-refractivity contribution in [1.29, 1.82) is 0 Å². The Bertz CT molecular complexity index is 401. The number of nitrogens with two attached hydrogens (primary N) is 1. The first-order valence-electron chi connectivity index (χ1n) is 5.33. The molecule has 0 aliphatic rings. The van der Waals surface area contributed by atoms with Crippen LogP contribution in [0.2, 0.25) is 0 Å². The van der Waals surface area contributed by atoms with E-state index < -0.39 is 6.04 Å². The lowest BCUT2D eigenvalue weighted by molar-refractivity contribution is -0.143. The van der Waals surface area contributed by atoms with Gasteiger partial charge in [-0.2, -0.15) is 0 Å². The van der Waals surface area contributed by atoms with Gasteiger partial charge in [0.25, 0.3) is 0 Å². The molecule has 0 radical (unpaired) electrons. The summed E-state index contributed by atoms with van der Waals surface area (Å²) in [5.41, 5.74) is 6.76. The maximum atomic E-state index is 11.4. The van der Waals surface area contributed by atoms with Gasteiger partial charge in [-0.25, -0.2) is 0 Å². The molecule has 4 nitrogen and oxygen atoms in total. The van der Waals surface area contributed by atoms with Crippen LogP contribution in [0.4, 0.5) is 0 Å². The number of ether oxygens (including phenoxy) is 2. The molecule has 102 valence electrons. The molecule has 6 heteroatoms. The molecule has 0 unspecified atom stereocenters. The van der Waals surface area contributed by atoms with Gasteiger partial charge < -0.3 is 15.2 Å². The zero-order chi connectivity index (χ0) is 12.8. The van der Waals surface area contributed by atoms with Crippen LogP contribution < -0.4 is 10.5 Å². The Morgan fingerprint density at radius 3 is 2.72 bits per heavy atom.